The molecule has 1 fully saturated rings. The monoisotopic (exact) mass is 298 g/mol. The Labute approximate surface area is 125 Å². The molecule has 20 heavy (non-hydrogen) atoms. The zero-order chi connectivity index (χ0) is 14.4. The average molecular weight is 299 g/mol. The van der Waals surface area contributed by atoms with E-state index in [4.69, 9.17) is 16.3 Å². The van der Waals surface area contributed by atoms with Crippen molar-refractivity contribution in [1.82, 2.24) is 10.2 Å². The molecular weight excluding hydrogens is 276 g/mol. The number of unbranched alkanes of at least 4 members (excludes halogenated alkanes) is 1. The summed E-state index contributed by atoms with van der Waals surface area (Å²) in [6.07, 6.45) is 3.13. The molecule has 2 rings (SSSR count). The van der Waals surface area contributed by atoms with Gasteiger partial charge in [0.2, 0.25) is 0 Å². The number of methoxy groups -OCH3 is 1. The first kappa shape index (κ1) is 15.4. The Morgan fingerprint density at radius 2 is 2.05 bits per heavy atom. The van der Waals surface area contributed by atoms with Crippen LogP contribution in [0.2, 0.25) is 5.02 Å². The summed E-state index contributed by atoms with van der Waals surface area (Å²) in [5.74, 6) is 0.480. The normalized spacial score (nSPS) is 16.3. The molecule has 0 spiro atoms. The highest BCUT2D eigenvalue weighted by Gasteiger charge is 2.12. The van der Waals surface area contributed by atoms with E-state index in [1.165, 1.54) is 7.11 Å². The number of hydrogen-bond acceptors (Lipinski definition) is 4. The summed E-state index contributed by atoms with van der Waals surface area (Å²) in [6.45, 7) is 5.62. The number of hydrogen-bond donors (Lipinski definition) is 2. The van der Waals surface area contributed by atoms with Gasteiger partial charge in [0.1, 0.15) is 0 Å². The lowest BCUT2D eigenvalue weighted by Gasteiger charge is -2.27. The number of phenolic OH excluding ortho intramolecular Hbond substituents is 1. The van der Waals surface area contributed by atoms with Crippen molar-refractivity contribution in [3.63, 3.8) is 0 Å². The maximum Gasteiger partial charge on any atom is 0.177 e. The van der Waals surface area contributed by atoms with Crippen LogP contribution in [0.4, 0.5) is 0 Å². The summed E-state index contributed by atoms with van der Waals surface area (Å²) in [7, 11) is 1.53. The topological polar surface area (TPSA) is 44.7 Å². The molecule has 1 heterocycles. The van der Waals surface area contributed by atoms with Crippen LogP contribution < -0.4 is 10.1 Å². The highest BCUT2D eigenvalue weighted by molar-refractivity contribution is 6.33. The Hall–Kier alpha value is -0.970. The van der Waals surface area contributed by atoms with Crippen LogP contribution >= 0.6 is 11.6 Å². The first-order valence-electron chi connectivity index (χ1n) is 7.19. The smallest absolute Gasteiger partial charge is 0.177 e. The van der Waals surface area contributed by atoms with Crippen LogP contribution in [-0.2, 0) is 6.42 Å². The van der Waals surface area contributed by atoms with Crippen molar-refractivity contribution in [2.45, 2.75) is 19.3 Å². The van der Waals surface area contributed by atoms with E-state index in [2.05, 4.69) is 10.2 Å². The van der Waals surface area contributed by atoms with E-state index in [1.807, 2.05) is 6.07 Å². The van der Waals surface area contributed by atoms with E-state index in [1.54, 1.807) is 6.07 Å². The lowest BCUT2D eigenvalue weighted by molar-refractivity contribution is 0.237. The molecule has 0 amide bonds. The van der Waals surface area contributed by atoms with Crippen molar-refractivity contribution in [3.05, 3.63) is 22.7 Å². The van der Waals surface area contributed by atoms with Crippen LogP contribution in [0.15, 0.2) is 12.1 Å². The summed E-state index contributed by atoms with van der Waals surface area (Å²) >= 11 is 6.16. The Morgan fingerprint density at radius 1 is 1.30 bits per heavy atom. The SMILES string of the molecule is COc1ccc(CCCCN2CCNCC2)c(Cl)c1O. The molecule has 0 saturated carbocycles. The predicted molar refractivity (Wildman–Crippen MR) is 81.9 cm³/mol. The minimum absolute atomic E-state index is 0.0498. The molecule has 0 atom stereocenters. The zero-order valence-electron chi connectivity index (χ0n) is 12.0. The Bertz CT molecular complexity index is 434. The molecule has 112 valence electrons. The van der Waals surface area contributed by atoms with Crippen LogP contribution in [-0.4, -0.2) is 49.8 Å². The van der Waals surface area contributed by atoms with Gasteiger partial charge in [0, 0.05) is 26.2 Å². The number of rotatable bonds is 6. The molecule has 2 N–H and O–H groups in total. The zero-order valence-corrected chi connectivity index (χ0v) is 12.7. The molecule has 1 saturated heterocycles. The minimum Gasteiger partial charge on any atom is -0.503 e. The van der Waals surface area contributed by atoms with Gasteiger partial charge in [-0.05, 0) is 37.4 Å². The lowest BCUT2D eigenvalue weighted by Crippen LogP contribution is -2.43. The molecular formula is C15H23ClN2O2. The van der Waals surface area contributed by atoms with Gasteiger partial charge < -0.3 is 20.1 Å². The third kappa shape index (κ3) is 4.01. The van der Waals surface area contributed by atoms with Gasteiger partial charge >= 0.3 is 0 Å². The molecule has 5 heteroatoms. The number of halogens is 1. The van der Waals surface area contributed by atoms with E-state index in [0.29, 0.717) is 10.8 Å². The van der Waals surface area contributed by atoms with E-state index in [-0.39, 0.29) is 5.75 Å². The van der Waals surface area contributed by atoms with Crippen LogP contribution in [0.5, 0.6) is 11.5 Å². The van der Waals surface area contributed by atoms with Crippen LogP contribution in [0.3, 0.4) is 0 Å². The Kier molecular flexibility index (Phi) is 5.95. The Balaban J connectivity index is 1.77. The van der Waals surface area contributed by atoms with Gasteiger partial charge in [-0.3, -0.25) is 0 Å². The van der Waals surface area contributed by atoms with Crippen molar-refractivity contribution < 1.29 is 9.84 Å². The number of phenols is 1. The Morgan fingerprint density at radius 3 is 2.75 bits per heavy atom. The van der Waals surface area contributed by atoms with Crippen LogP contribution in [0.1, 0.15) is 18.4 Å². The number of piperazine rings is 1. The van der Waals surface area contributed by atoms with Gasteiger partial charge in [-0.2, -0.15) is 0 Å². The highest BCUT2D eigenvalue weighted by atomic mass is 35.5. The molecule has 4 nitrogen and oxygen atoms in total. The maximum absolute atomic E-state index is 9.87. The molecule has 0 bridgehead atoms. The second-order valence-corrected chi connectivity index (χ2v) is 5.52. The third-order valence-electron chi connectivity index (χ3n) is 3.76. The molecule has 0 unspecified atom stereocenters. The first-order chi connectivity index (χ1) is 9.72. The number of nitrogens with one attached hydrogen (secondary N) is 1. The van der Waals surface area contributed by atoms with Crippen molar-refractivity contribution in [2.75, 3.05) is 39.8 Å². The minimum atomic E-state index is 0.0498. The molecule has 0 radical (unpaired) electrons. The van der Waals surface area contributed by atoms with E-state index >= 15 is 0 Å². The van der Waals surface area contributed by atoms with E-state index in [9.17, 15) is 5.11 Å². The molecule has 0 aromatic heterocycles. The maximum atomic E-state index is 9.87. The van der Waals surface area contributed by atoms with E-state index in [0.717, 1.165) is 57.5 Å². The number of benzene rings is 1. The molecule has 1 aromatic rings. The summed E-state index contributed by atoms with van der Waals surface area (Å²) < 4.78 is 5.04. The van der Waals surface area contributed by atoms with Gasteiger partial charge in [0.15, 0.2) is 11.5 Å². The first-order valence-corrected chi connectivity index (χ1v) is 7.57. The highest BCUT2D eigenvalue weighted by Crippen LogP contribution is 2.36. The van der Waals surface area contributed by atoms with Crippen LogP contribution in [0, 0.1) is 0 Å². The van der Waals surface area contributed by atoms with Crippen molar-refractivity contribution in [2.24, 2.45) is 0 Å². The standard InChI is InChI=1S/C15H23ClN2O2/c1-20-13-6-5-12(14(16)15(13)19)4-2-3-9-18-10-7-17-8-11-18/h5-6,17,19H,2-4,7-11H2,1H3. The van der Waals surface area contributed by atoms with Gasteiger partial charge in [0.05, 0.1) is 12.1 Å². The largest absolute Gasteiger partial charge is 0.503 e. The second-order valence-electron chi connectivity index (χ2n) is 5.14. The number of nitrogens with zero attached hydrogens (tertiary/aromatic N) is 1. The summed E-state index contributed by atoms with van der Waals surface area (Å²) in [5.41, 5.74) is 0.991. The second kappa shape index (κ2) is 7.72. The third-order valence-corrected chi connectivity index (χ3v) is 4.18. The van der Waals surface area contributed by atoms with Crippen molar-refractivity contribution in [1.29, 1.82) is 0 Å². The fourth-order valence-corrected chi connectivity index (χ4v) is 2.78. The molecule has 0 aliphatic carbocycles. The van der Waals surface area contributed by atoms with Crippen molar-refractivity contribution in [3.8, 4) is 11.5 Å². The van der Waals surface area contributed by atoms with Crippen molar-refractivity contribution >= 4 is 11.6 Å². The fourth-order valence-electron chi connectivity index (χ4n) is 2.53. The summed E-state index contributed by atoms with van der Waals surface area (Å²) in [5, 5.41) is 13.6. The van der Waals surface area contributed by atoms with Gasteiger partial charge in [-0.25, -0.2) is 0 Å². The summed E-state index contributed by atoms with van der Waals surface area (Å²) in [4.78, 5) is 2.49. The number of aryl methyl sites for hydroxylation is 1. The van der Waals surface area contributed by atoms with Gasteiger partial charge in [0.25, 0.3) is 0 Å². The quantitative estimate of drug-likeness (QED) is 0.791. The van der Waals surface area contributed by atoms with E-state index < -0.39 is 0 Å². The van der Waals surface area contributed by atoms with Gasteiger partial charge in [-0.1, -0.05) is 17.7 Å². The summed E-state index contributed by atoms with van der Waals surface area (Å²) in [6, 6.07) is 3.71. The predicted octanol–water partition coefficient (Wildman–Crippen LogP) is 2.28. The fraction of sp³-hybridized carbons (Fsp3) is 0.600. The number of ether oxygens (including phenoxy) is 1. The average Bonchev–Trinajstić information content (AvgIpc) is 2.49. The molecule has 1 aliphatic rings. The lowest BCUT2D eigenvalue weighted by atomic mass is 10.1. The van der Waals surface area contributed by atoms with Crippen LogP contribution in [0.25, 0.3) is 0 Å². The van der Waals surface area contributed by atoms with Gasteiger partial charge in [-0.15, -0.1) is 0 Å². The molecule has 1 aromatic carbocycles. The molecule has 1 aliphatic heterocycles. The number of aromatic hydroxyl groups is 1.